The maximum atomic E-state index is 13.2. The van der Waals surface area contributed by atoms with E-state index in [-0.39, 0.29) is 11.7 Å². The number of fused-ring (bicyclic) bond motifs is 1. The average Bonchev–Trinajstić information content (AvgIpc) is 3.11. The highest BCUT2D eigenvalue weighted by Gasteiger charge is 2.30. The van der Waals surface area contributed by atoms with Crippen molar-refractivity contribution in [2.24, 2.45) is 0 Å². The van der Waals surface area contributed by atoms with E-state index in [9.17, 15) is 9.18 Å². The van der Waals surface area contributed by atoms with E-state index in [2.05, 4.69) is 14.9 Å². The van der Waals surface area contributed by atoms with Crippen molar-refractivity contribution in [2.45, 2.75) is 38.3 Å². The Kier molecular flexibility index (Phi) is 5.09. The molecule has 1 aromatic heterocycles. The number of carbonyl (C=O) groups excluding carboxylic acids is 1. The second-order valence-corrected chi connectivity index (χ2v) is 8.48. The summed E-state index contributed by atoms with van der Waals surface area (Å²) in [5.74, 6) is -0.00323. The lowest BCUT2D eigenvalue weighted by atomic mass is 9.91. The third kappa shape index (κ3) is 3.94. The van der Waals surface area contributed by atoms with Gasteiger partial charge in [-0.05, 0) is 37.1 Å². The van der Waals surface area contributed by atoms with E-state index in [4.69, 9.17) is 0 Å². The summed E-state index contributed by atoms with van der Waals surface area (Å²) < 4.78 is 15.0. The number of halogens is 1. The molecule has 3 aliphatic rings. The van der Waals surface area contributed by atoms with Crippen molar-refractivity contribution in [1.82, 2.24) is 24.5 Å². The van der Waals surface area contributed by atoms with Crippen molar-refractivity contribution in [3.63, 3.8) is 0 Å². The lowest BCUT2D eigenvalue weighted by Crippen LogP contribution is -2.55. The Hall–Kier alpha value is -2.25. The molecule has 0 bridgehead atoms. The van der Waals surface area contributed by atoms with Crippen LogP contribution in [-0.2, 0) is 17.8 Å². The number of aromatic nitrogens is 2. The smallest absolute Gasteiger partial charge is 0.236 e. The van der Waals surface area contributed by atoms with Gasteiger partial charge in [-0.1, -0.05) is 6.42 Å². The molecule has 2 aliphatic heterocycles. The predicted molar refractivity (Wildman–Crippen MR) is 108 cm³/mol. The summed E-state index contributed by atoms with van der Waals surface area (Å²) in [5, 5.41) is 4.66. The van der Waals surface area contributed by atoms with E-state index in [1.54, 1.807) is 12.1 Å². The minimum absolute atomic E-state index is 0.243. The molecule has 0 spiro atoms. The summed E-state index contributed by atoms with van der Waals surface area (Å²) in [6.07, 6.45) is 6.87. The van der Waals surface area contributed by atoms with Crippen LogP contribution in [0.2, 0.25) is 0 Å². The number of hydrogen-bond acceptors (Lipinski definition) is 4. The van der Waals surface area contributed by atoms with Gasteiger partial charge in [0.1, 0.15) is 5.82 Å². The lowest BCUT2D eigenvalue weighted by molar-refractivity contribution is -0.135. The minimum atomic E-state index is -0.246. The number of piperazine rings is 1. The monoisotopic (exact) mass is 397 g/mol. The van der Waals surface area contributed by atoms with E-state index >= 15 is 0 Å². The summed E-state index contributed by atoms with van der Waals surface area (Å²) in [4.78, 5) is 19.6. The molecule has 6 nitrogen and oxygen atoms in total. The lowest BCUT2D eigenvalue weighted by Gasteiger charge is -2.43. The molecule has 1 aromatic carbocycles. The molecule has 1 saturated carbocycles. The van der Waals surface area contributed by atoms with Gasteiger partial charge in [0.2, 0.25) is 5.91 Å². The zero-order chi connectivity index (χ0) is 19.8. The molecule has 0 atom stereocenters. The van der Waals surface area contributed by atoms with Crippen LogP contribution in [0.1, 0.15) is 30.5 Å². The molecule has 1 aliphatic carbocycles. The van der Waals surface area contributed by atoms with Crippen LogP contribution in [0, 0.1) is 5.82 Å². The summed E-state index contributed by atoms with van der Waals surface area (Å²) in [7, 11) is 0. The van der Waals surface area contributed by atoms with Gasteiger partial charge in [-0.25, -0.2) is 9.07 Å². The normalized spacial score (nSPS) is 21.1. The third-order valence-corrected chi connectivity index (χ3v) is 6.64. The molecular weight excluding hydrogens is 369 g/mol. The summed E-state index contributed by atoms with van der Waals surface area (Å²) in [5.41, 5.74) is 3.09. The highest BCUT2D eigenvalue weighted by Crippen LogP contribution is 2.25. The highest BCUT2D eigenvalue weighted by atomic mass is 19.1. The van der Waals surface area contributed by atoms with Gasteiger partial charge in [-0.15, -0.1) is 0 Å². The number of amides is 1. The van der Waals surface area contributed by atoms with Crippen molar-refractivity contribution in [1.29, 1.82) is 0 Å². The topological polar surface area (TPSA) is 44.6 Å². The zero-order valence-corrected chi connectivity index (χ0v) is 16.8. The Balaban J connectivity index is 1.17. The van der Waals surface area contributed by atoms with Crippen LogP contribution < -0.4 is 0 Å². The Morgan fingerprint density at radius 3 is 2.52 bits per heavy atom. The second-order valence-electron chi connectivity index (χ2n) is 8.48. The van der Waals surface area contributed by atoms with Crippen molar-refractivity contribution in [3.8, 4) is 5.69 Å². The maximum Gasteiger partial charge on any atom is 0.236 e. The molecule has 3 heterocycles. The van der Waals surface area contributed by atoms with Crippen LogP contribution in [0.5, 0.6) is 0 Å². The average molecular weight is 397 g/mol. The van der Waals surface area contributed by atoms with E-state index < -0.39 is 0 Å². The van der Waals surface area contributed by atoms with Gasteiger partial charge < -0.3 is 4.90 Å². The molecule has 5 rings (SSSR count). The predicted octanol–water partition coefficient (Wildman–Crippen LogP) is 2.07. The van der Waals surface area contributed by atoms with Crippen LogP contribution >= 0.6 is 0 Å². The second kappa shape index (κ2) is 7.88. The zero-order valence-electron chi connectivity index (χ0n) is 16.8. The van der Waals surface area contributed by atoms with Crippen molar-refractivity contribution in [3.05, 3.63) is 47.5 Å². The molecule has 2 fully saturated rings. The molecule has 1 saturated heterocycles. The Morgan fingerprint density at radius 1 is 1.07 bits per heavy atom. The molecule has 29 heavy (non-hydrogen) atoms. The number of rotatable bonds is 4. The largest absolute Gasteiger partial charge is 0.339 e. The molecule has 0 N–H and O–H groups in total. The van der Waals surface area contributed by atoms with Gasteiger partial charge in [0, 0.05) is 63.5 Å². The SMILES string of the molecule is O=C(CN1CCc2nn(-c3ccc(F)cc3)cc2C1)N1CCN(C2CCC2)CC1. The van der Waals surface area contributed by atoms with Crippen molar-refractivity contribution < 1.29 is 9.18 Å². The van der Waals surface area contributed by atoms with Crippen molar-refractivity contribution >= 4 is 5.91 Å². The Bertz CT molecular complexity index is 868. The van der Waals surface area contributed by atoms with E-state index in [0.717, 1.165) is 68.7 Å². The first kappa shape index (κ1) is 18.8. The third-order valence-electron chi connectivity index (χ3n) is 6.64. The maximum absolute atomic E-state index is 13.2. The summed E-state index contributed by atoms with van der Waals surface area (Å²) >= 11 is 0. The van der Waals surface area contributed by atoms with E-state index in [0.29, 0.717) is 6.54 Å². The molecular formula is C22H28FN5O. The van der Waals surface area contributed by atoms with Crippen molar-refractivity contribution in [2.75, 3.05) is 39.3 Å². The Labute approximate surface area is 170 Å². The number of hydrogen-bond donors (Lipinski definition) is 0. The first-order valence-electron chi connectivity index (χ1n) is 10.7. The molecule has 154 valence electrons. The minimum Gasteiger partial charge on any atom is -0.339 e. The fourth-order valence-electron chi connectivity index (χ4n) is 4.61. The molecule has 0 unspecified atom stereocenters. The summed E-state index contributed by atoms with van der Waals surface area (Å²) in [6.45, 7) is 5.82. The van der Waals surface area contributed by atoms with Gasteiger partial charge in [-0.2, -0.15) is 5.10 Å². The fraction of sp³-hybridized carbons (Fsp3) is 0.545. The Morgan fingerprint density at radius 2 is 1.83 bits per heavy atom. The number of nitrogens with zero attached hydrogens (tertiary/aromatic N) is 5. The fourth-order valence-corrected chi connectivity index (χ4v) is 4.61. The molecule has 2 aromatic rings. The van der Waals surface area contributed by atoms with E-state index in [1.165, 1.54) is 31.4 Å². The first-order valence-corrected chi connectivity index (χ1v) is 10.7. The number of carbonyl (C=O) groups is 1. The van der Waals surface area contributed by atoms with Gasteiger partial charge in [0.05, 0.1) is 17.9 Å². The van der Waals surface area contributed by atoms with Crippen LogP contribution in [0.25, 0.3) is 5.69 Å². The molecule has 1 amide bonds. The molecule has 7 heteroatoms. The highest BCUT2D eigenvalue weighted by molar-refractivity contribution is 5.78. The van der Waals surface area contributed by atoms with Crippen LogP contribution in [0.3, 0.4) is 0 Å². The van der Waals surface area contributed by atoms with Crippen LogP contribution in [0.15, 0.2) is 30.5 Å². The number of benzene rings is 1. The van der Waals surface area contributed by atoms with Gasteiger partial charge >= 0.3 is 0 Å². The van der Waals surface area contributed by atoms with Gasteiger partial charge in [0.15, 0.2) is 0 Å². The molecule has 0 radical (unpaired) electrons. The van der Waals surface area contributed by atoms with Crippen LogP contribution in [-0.4, -0.2) is 75.7 Å². The van der Waals surface area contributed by atoms with Crippen LogP contribution in [0.4, 0.5) is 4.39 Å². The summed E-state index contributed by atoms with van der Waals surface area (Å²) in [6, 6.07) is 7.14. The van der Waals surface area contributed by atoms with Gasteiger partial charge in [0.25, 0.3) is 0 Å². The quantitative estimate of drug-likeness (QED) is 0.792. The van der Waals surface area contributed by atoms with Gasteiger partial charge in [-0.3, -0.25) is 14.6 Å². The first-order chi connectivity index (χ1) is 14.2. The standard InChI is InChI=1S/C22H28FN5O/c23-18-4-6-20(7-5-18)28-15-17-14-25(9-8-21(17)24-28)16-22(29)27-12-10-26(11-13-27)19-2-1-3-19/h4-7,15,19H,1-3,8-14,16H2. The van der Waals surface area contributed by atoms with E-state index in [1.807, 2.05) is 15.8 Å².